The van der Waals surface area contributed by atoms with Crippen molar-refractivity contribution in [1.82, 2.24) is 5.32 Å². The smallest absolute Gasteiger partial charge is 0.370 e. The summed E-state index contributed by atoms with van der Waals surface area (Å²) in [6.07, 6.45) is 0.232. The topological polar surface area (TPSA) is 76.4 Å². The van der Waals surface area contributed by atoms with Gasteiger partial charge in [0.2, 0.25) is 0 Å². The van der Waals surface area contributed by atoms with Crippen LogP contribution in [0.4, 0.5) is 13.2 Å². The molecule has 1 aliphatic heterocycles. The zero-order chi connectivity index (χ0) is 13.4. The Morgan fingerprint density at radius 2 is 1.89 bits per heavy atom. The fourth-order valence-electron chi connectivity index (χ4n) is 2.65. The van der Waals surface area contributed by atoms with Gasteiger partial charge in [-0.05, 0) is 31.8 Å². The van der Waals surface area contributed by atoms with E-state index in [9.17, 15) is 13.2 Å². The molecule has 1 atom stereocenters. The fraction of sp³-hybridized carbons (Fsp3) is 0.727. The van der Waals surface area contributed by atoms with Gasteiger partial charge in [0.25, 0.3) is 0 Å². The second-order valence-corrected chi connectivity index (χ2v) is 4.95. The van der Waals surface area contributed by atoms with Gasteiger partial charge in [0.1, 0.15) is 5.66 Å². The number of hydrogen-bond acceptors (Lipinski definition) is 4. The first-order valence-corrected chi connectivity index (χ1v) is 5.96. The van der Waals surface area contributed by atoms with Crippen LogP contribution in [0.2, 0.25) is 0 Å². The Hall–Kier alpha value is -1.24. The van der Waals surface area contributed by atoms with E-state index < -0.39 is 17.8 Å². The molecule has 0 amide bonds. The molecule has 0 aromatic heterocycles. The molecule has 0 spiro atoms. The average Bonchev–Trinajstić information content (AvgIpc) is 2.28. The Bertz CT molecular complexity index is 369. The van der Waals surface area contributed by atoms with Crippen molar-refractivity contribution < 1.29 is 13.2 Å². The first-order valence-electron chi connectivity index (χ1n) is 5.96. The molecule has 1 aliphatic carbocycles. The summed E-state index contributed by atoms with van der Waals surface area (Å²) < 4.78 is 37.7. The lowest BCUT2D eigenvalue weighted by molar-refractivity contribution is -0.184. The molecule has 0 aromatic rings. The second kappa shape index (κ2) is 4.46. The number of halogens is 3. The van der Waals surface area contributed by atoms with Crippen LogP contribution in [0.5, 0.6) is 0 Å². The van der Waals surface area contributed by atoms with E-state index in [0.29, 0.717) is 12.8 Å². The standard InChI is InChI=1S/C11H17F3N4/c12-11(13,14)8-3-1-7(2-4-8)10(16)5-6-17-9(15)18-10/h5-8H,1-4,16H2,(H3,15,17,18). The summed E-state index contributed by atoms with van der Waals surface area (Å²) in [6, 6.07) is 0. The van der Waals surface area contributed by atoms with Crippen molar-refractivity contribution >= 4 is 5.96 Å². The summed E-state index contributed by atoms with van der Waals surface area (Å²) in [6.45, 7) is 0. The molecule has 0 bridgehead atoms. The van der Waals surface area contributed by atoms with Crippen LogP contribution in [-0.2, 0) is 0 Å². The Kier molecular flexibility index (Phi) is 3.27. The van der Waals surface area contributed by atoms with Crippen LogP contribution in [0.1, 0.15) is 25.7 Å². The SMILES string of the molecule is NC1=NC(N)(C2CCC(C(F)(F)F)CC2)C=CN1. The predicted octanol–water partition coefficient (Wildman–Crippen LogP) is 1.44. The lowest BCUT2D eigenvalue weighted by atomic mass is 9.75. The van der Waals surface area contributed by atoms with Gasteiger partial charge in [-0.15, -0.1) is 0 Å². The molecule has 1 saturated carbocycles. The summed E-state index contributed by atoms with van der Waals surface area (Å²) >= 11 is 0. The summed E-state index contributed by atoms with van der Waals surface area (Å²) in [4.78, 5) is 4.12. The third-order valence-corrected chi connectivity index (χ3v) is 3.74. The van der Waals surface area contributed by atoms with E-state index in [1.807, 2.05) is 0 Å². The van der Waals surface area contributed by atoms with Crippen molar-refractivity contribution in [3.05, 3.63) is 12.3 Å². The number of nitrogens with one attached hydrogen (secondary N) is 1. The van der Waals surface area contributed by atoms with Crippen LogP contribution in [0.3, 0.4) is 0 Å². The Labute approximate surface area is 103 Å². The lowest BCUT2D eigenvalue weighted by Crippen LogP contribution is -2.51. The minimum absolute atomic E-state index is 0.0898. The Morgan fingerprint density at radius 3 is 2.39 bits per heavy atom. The Morgan fingerprint density at radius 1 is 1.28 bits per heavy atom. The molecular weight excluding hydrogens is 245 g/mol. The highest BCUT2D eigenvalue weighted by atomic mass is 19.4. The molecule has 7 heteroatoms. The van der Waals surface area contributed by atoms with E-state index in [2.05, 4.69) is 10.3 Å². The van der Waals surface area contributed by atoms with Crippen molar-refractivity contribution in [1.29, 1.82) is 0 Å². The van der Waals surface area contributed by atoms with Crippen molar-refractivity contribution in [2.24, 2.45) is 28.3 Å². The second-order valence-electron chi connectivity index (χ2n) is 4.95. The van der Waals surface area contributed by atoms with Crippen molar-refractivity contribution in [3.63, 3.8) is 0 Å². The average molecular weight is 262 g/mol. The van der Waals surface area contributed by atoms with Gasteiger partial charge >= 0.3 is 6.18 Å². The number of hydrogen-bond donors (Lipinski definition) is 3. The van der Waals surface area contributed by atoms with Crippen LogP contribution in [0.15, 0.2) is 17.3 Å². The van der Waals surface area contributed by atoms with E-state index in [1.54, 1.807) is 12.3 Å². The molecule has 4 nitrogen and oxygen atoms in total. The molecule has 102 valence electrons. The van der Waals surface area contributed by atoms with Gasteiger partial charge in [-0.2, -0.15) is 13.2 Å². The van der Waals surface area contributed by atoms with Crippen LogP contribution >= 0.6 is 0 Å². The maximum Gasteiger partial charge on any atom is 0.391 e. The number of guanidine groups is 1. The molecule has 2 aliphatic rings. The number of nitrogens with zero attached hydrogens (tertiary/aromatic N) is 1. The normalized spacial score (nSPS) is 37.0. The van der Waals surface area contributed by atoms with Crippen molar-refractivity contribution in [2.45, 2.75) is 37.5 Å². The van der Waals surface area contributed by atoms with Crippen LogP contribution in [0, 0.1) is 11.8 Å². The van der Waals surface area contributed by atoms with Crippen LogP contribution in [0.25, 0.3) is 0 Å². The van der Waals surface area contributed by atoms with Crippen molar-refractivity contribution in [3.8, 4) is 0 Å². The number of nitrogens with two attached hydrogens (primary N) is 2. The third kappa shape index (κ3) is 2.60. The minimum atomic E-state index is -4.10. The van der Waals surface area contributed by atoms with Gasteiger partial charge in [0.15, 0.2) is 5.96 Å². The van der Waals surface area contributed by atoms with Crippen LogP contribution in [-0.4, -0.2) is 17.8 Å². The molecule has 1 fully saturated rings. The predicted molar refractivity (Wildman–Crippen MR) is 62.3 cm³/mol. The quantitative estimate of drug-likeness (QED) is 0.669. The molecule has 0 radical (unpaired) electrons. The van der Waals surface area contributed by atoms with Gasteiger partial charge in [-0.3, -0.25) is 0 Å². The summed E-state index contributed by atoms with van der Waals surface area (Å²) in [5, 5.41) is 2.70. The zero-order valence-corrected chi connectivity index (χ0v) is 9.87. The summed E-state index contributed by atoms with van der Waals surface area (Å²) in [5.41, 5.74) is 10.7. The van der Waals surface area contributed by atoms with E-state index >= 15 is 0 Å². The fourth-order valence-corrected chi connectivity index (χ4v) is 2.65. The largest absolute Gasteiger partial charge is 0.391 e. The van der Waals surface area contributed by atoms with E-state index in [4.69, 9.17) is 11.5 Å². The lowest BCUT2D eigenvalue weighted by Gasteiger charge is -2.38. The maximum atomic E-state index is 12.6. The minimum Gasteiger partial charge on any atom is -0.370 e. The number of rotatable bonds is 1. The van der Waals surface area contributed by atoms with E-state index in [-0.39, 0.29) is 24.7 Å². The monoisotopic (exact) mass is 262 g/mol. The molecular formula is C11H17F3N4. The van der Waals surface area contributed by atoms with Crippen molar-refractivity contribution in [2.75, 3.05) is 0 Å². The van der Waals surface area contributed by atoms with E-state index in [1.165, 1.54) is 0 Å². The zero-order valence-electron chi connectivity index (χ0n) is 9.87. The number of alkyl halides is 3. The van der Waals surface area contributed by atoms with Gasteiger partial charge in [-0.1, -0.05) is 0 Å². The highest BCUT2D eigenvalue weighted by molar-refractivity contribution is 5.80. The van der Waals surface area contributed by atoms with Gasteiger partial charge < -0.3 is 16.8 Å². The van der Waals surface area contributed by atoms with E-state index in [0.717, 1.165) is 0 Å². The van der Waals surface area contributed by atoms with Gasteiger partial charge in [-0.25, -0.2) is 4.99 Å². The molecule has 1 unspecified atom stereocenters. The molecule has 1 heterocycles. The number of aliphatic imine (C=N–C) groups is 1. The highest BCUT2D eigenvalue weighted by Crippen LogP contribution is 2.42. The highest BCUT2D eigenvalue weighted by Gasteiger charge is 2.45. The molecule has 0 aromatic carbocycles. The van der Waals surface area contributed by atoms with Crippen LogP contribution < -0.4 is 16.8 Å². The molecule has 5 N–H and O–H groups in total. The first-order chi connectivity index (χ1) is 8.31. The first kappa shape index (κ1) is 13.2. The molecule has 0 saturated heterocycles. The molecule has 18 heavy (non-hydrogen) atoms. The summed E-state index contributed by atoms with van der Waals surface area (Å²) in [7, 11) is 0. The molecule has 2 rings (SSSR count). The summed E-state index contributed by atoms with van der Waals surface area (Å²) in [5.74, 6) is -1.09. The Balaban J connectivity index is 2.02. The van der Waals surface area contributed by atoms with Gasteiger partial charge in [0, 0.05) is 12.1 Å². The third-order valence-electron chi connectivity index (χ3n) is 3.74. The maximum absolute atomic E-state index is 12.6. The van der Waals surface area contributed by atoms with Gasteiger partial charge in [0.05, 0.1) is 5.92 Å².